The van der Waals surface area contributed by atoms with Gasteiger partial charge in [-0.1, -0.05) is 12.8 Å². The highest BCUT2D eigenvalue weighted by atomic mass is 16.5. The first kappa shape index (κ1) is 13.9. The molecule has 0 saturated carbocycles. The van der Waals surface area contributed by atoms with Crippen LogP contribution >= 0.6 is 0 Å². The molecule has 1 aliphatic rings. The van der Waals surface area contributed by atoms with Crippen molar-refractivity contribution in [1.82, 2.24) is 14.8 Å². The molecule has 0 amide bonds. The van der Waals surface area contributed by atoms with Gasteiger partial charge >= 0.3 is 0 Å². The van der Waals surface area contributed by atoms with E-state index in [0.717, 1.165) is 41.7 Å². The van der Waals surface area contributed by atoms with Gasteiger partial charge in [0.05, 0.1) is 19.8 Å². The van der Waals surface area contributed by atoms with Crippen molar-refractivity contribution in [3.8, 4) is 22.9 Å². The lowest BCUT2D eigenvalue weighted by Crippen LogP contribution is -2.09. The van der Waals surface area contributed by atoms with Crippen molar-refractivity contribution in [1.29, 1.82) is 0 Å². The molecule has 5 nitrogen and oxygen atoms in total. The molecule has 1 aromatic carbocycles. The van der Waals surface area contributed by atoms with Crippen LogP contribution in [-0.4, -0.2) is 29.0 Å². The molecule has 1 aromatic heterocycles. The Bertz CT molecular complexity index is 622. The van der Waals surface area contributed by atoms with Crippen LogP contribution in [0, 0.1) is 0 Å². The summed E-state index contributed by atoms with van der Waals surface area (Å²) in [6.07, 6.45) is 5.94. The lowest BCUT2D eigenvalue weighted by molar-refractivity contribution is 0.395. The second-order valence-electron chi connectivity index (χ2n) is 5.32. The number of benzene rings is 1. The molecule has 0 unspecified atom stereocenters. The van der Waals surface area contributed by atoms with Gasteiger partial charge in [-0.25, -0.2) is 0 Å². The van der Waals surface area contributed by atoms with Crippen molar-refractivity contribution >= 4 is 0 Å². The molecule has 112 valence electrons. The summed E-state index contributed by atoms with van der Waals surface area (Å²) in [4.78, 5) is 0. The number of rotatable bonds is 3. The highest BCUT2D eigenvalue weighted by molar-refractivity contribution is 5.66. The van der Waals surface area contributed by atoms with E-state index < -0.39 is 0 Å². The molecule has 0 fully saturated rings. The minimum atomic E-state index is 0.770. The summed E-state index contributed by atoms with van der Waals surface area (Å²) < 4.78 is 13.0. The summed E-state index contributed by atoms with van der Waals surface area (Å²) >= 11 is 0. The second-order valence-corrected chi connectivity index (χ2v) is 5.32. The predicted octanol–water partition coefficient (Wildman–Crippen LogP) is 3.08. The minimum Gasteiger partial charge on any atom is -0.497 e. The quantitative estimate of drug-likeness (QED) is 0.870. The van der Waals surface area contributed by atoms with E-state index >= 15 is 0 Å². The fraction of sp³-hybridized carbons (Fsp3) is 0.500. The molecule has 0 spiro atoms. The molecule has 0 saturated heterocycles. The third kappa shape index (κ3) is 2.73. The van der Waals surface area contributed by atoms with Crippen LogP contribution in [0.1, 0.15) is 31.5 Å². The van der Waals surface area contributed by atoms with Crippen LogP contribution in [0.25, 0.3) is 11.4 Å². The normalized spacial score (nSPS) is 15.0. The lowest BCUT2D eigenvalue weighted by atomic mass is 10.1. The highest BCUT2D eigenvalue weighted by Crippen LogP contribution is 2.33. The average molecular weight is 287 g/mol. The van der Waals surface area contributed by atoms with E-state index in [0.29, 0.717) is 0 Å². The molecule has 3 rings (SSSR count). The topological polar surface area (TPSA) is 49.2 Å². The Kier molecular flexibility index (Phi) is 4.08. The van der Waals surface area contributed by atoms with Crippen molar-refractivity contribution < 1.29 is 9.47 Å². The van der Waals surface area contributed by atoms with Gasteiger partial charge < -0.3 is 14.0 Å². The number of hydrogen-bond donors (Lipinski definition) is 0. The van der Waals surface area contributed by atoms with Crippen molar-refractivity contribution in [2.75, 3.05) is 14.2 Å². The zero-order chi connectivity index (χ0) is 14.7. The standard InChI is InChI=1S/C16H21N3O2/c1-20-12-8-9-13(14(11-12)21-2)16-18-17-15-7-5-3-4-6-10-19(15)16/h8-9,11H,3-7,10H2,1-2H3. The molecule has 0 radical (unpaired) electrons. The Balaban J connectivity index is 2.04. The number of aromatic nitrogens is 3. The first-order valence-electron chi connectivity index (χ1n) is 7.48. The predicted molar refractivity (Wildman–Crippen MR) is 80.7 cm³/mol. The largest absolute Gasteiger partial charge is 0.497 e. The molecule has 0 bridgehead atoms. The number of fused-ring (bicyclic) bond motifs is 1. The van der Waals surface area contributed by atoms with E-state index in [1.165, 1.54) is 25.7 Å². The number of ether oxygens (including phenoxy) is 2. The maximum absolute atomic E-state index is 5.50. The Morgan fingerprint density at radius 3 is 2.67 bits per heavy atom. The van der Waals surface area contributed by atoms with Gasteiger partial charge in [0, 0.05) is 19.0 Å². The van der Waals surface area contributed by atoms with Crippen LogP contribution in [0.2, 0.25) is 0 Å². The Morgan fingerprint density at radius 1 is 1.00 bits per heavy atom. The van der Waals surface area contributed by atoms with E-state index in [4.69, 9.17) is 9.47 Å². The molecule has 0 aliphatic carbocycles. The van der Waals surface area contributed by atoms with Gasteiger partial charge in [-0.15, -0.1) is 10.2 Å². The van der Waals surface area contributed by atoms with Crippen molar-refractivity contribution in [3.05, 3.63) is 24.0 Å². The van der Waals surface area contributed by atoms with Crippen LogP contribution in [-0.2, 0) is 13.0 Å². The average Bonchev–Trinajstić information content (AvgIpc) is 2.88. The second kappa shape index (κ2) is 6.16. The lowest BCUT2D eigenvalue weighted by Gasteiger charge is -2.15. The van der Waals surface area contributed by atoms with Crippen molar-refractivity contribution in [2.45, 2.75) is 38.6 Å². The Morgan fingerprint density at radius 2 is 1.86 bits per heavy atom. The molecule has 2 aromatic rings. The van der Waals surface area contributed by atoms with E-state index in [2.05, 4.69) is 14.8 Å². The fourth-order valence-corrected chi connectivity index (χ4v) is 2.84. The summed E-state index contributed by atoms with van der Waals surface area (Å²) in [5.41, 5.74) is 0.970. The molecule has 1 aliphatic heterocycles. The highest BCUT2D eigenvalue weighted by Gasteiger charge is 2.18. The fourth-order valence-electron chi connectivity index (χ4n) is 2.84. The van der Waals surface area contributed by atoms with Gasteiger partial charge in [0.15, 0.2) is 5.82 Å². The first-order chi connectivity index (χ1) is 10.3. The van der Waals surface area contributed by atoms with E-state index in [1.807, 2.05) is 18.2 Å². The zero-order valence-corrected chi connectivity index (χ0v) is 12.6. The number of nitrogens with zero attached hydrogens (tertiary/aromatic N) is 3. The Labute approximate surface area is 124 Å². The van der Waals surface area contributed by atoms with Crippen LogP contribution in [0.5, 0.6) is 11.5 Å². The van der Waals surface area contributed by atoms with Gasteiger partial charge in [0.25, 0.3) is 0 Å². The maximum atomic E-state index is 5.50. The van der Waals surface area contributed by atoms with Crippen molar-refractivity contribution in [3.63, 3.8) is 0 Å². The van der Waals surface area contributed by atoms with Gasteiger partial charge in [0.2, 0.25) is 0 Å². The molecule has 0 N–H and O–H groups in total. The van der Waals surface area contributed by atoms with E-state index in [1.54, 1.807) is 14.2 Å². The monoisotopic (exact) mass is 287 g/mol. The van der Waals surface area contributed by atoms with Crippen LogP contribution < -0.4 is 9.47 Å². The third-order valence-electron chi connectivity index (χ3n) is 4.01. The molecule has 5 heteroatoms. The van der Waals surface area contributed by atoms with E-state index in [-0.39, 0.29) is 0 Å². The third-order valence-corrected chi connectivity index (χ3v) is 4.01. The van der Waals surface area contributed by atoms with Crippen LogP contribution in [0.15, 0.2) is 18.2 Å². The molecular weight excluding hydrogens is 266 g/mol. The summed E-state index contributed by atoms with van der Waals surface area (Å²) in [5, 5.41) is 8.79. The SMILES string of the molecule is COc1ccc(-c2nnc3n2CCCCCC3)c(OC)c1. The number of hydrogen-bond acceptors (Lipinski definition) is 4. The van der Waals surface area contributed by atoms with Crippen LogP contribution in [0.3, 0.4) is 0 Å². The van der Waals surface area contributed by atoms with E-state index in [9.17, 15) is 0 Å². The van der Waals surface area contributed by atoms with Gasteiger partial charge in [-0.3, -0.25) is 0 Å². The summed E-state index contributed by atoms with van der Waals surface area (Å²) in [6, 6.07) is 5.82. The Hall–Kier alpha value is -2.04. The number of methoxy groups -OCH3 is 2. The molecule has 0 atom stereocenters. The summed E-state index contributed by atoms with van der Waals surface area (Å²) in [5.74, 6) is 3.53. The van der Waals surface area contributed by atoms with Crippen molar-refractivity contribution in [2.24, 2.45) is 0 Å². The molecular formula is C16H21N3O2. The zero-order valence-electron chi connectivity index (χ0n) is 12.6. The minimum absolute atomic E-state index is 0.770. The smallest absolute Gasteiger partial charge is 0.167 e. The van der Waals surface area contributed by atoms with Gasteiger partial charge in [-0.2, -0.15) is 0 Å². The molecule has 2 heterocycles. The maximum Gasteiger partial charge on any atom is 0.167 e. The van der Waals surface area contributed by atoms with Gasteiger partial charge in [-0.05, 0) is 25.0 Å². The number of aryl methyl sites for hydroxylation is 1. The van der Waals surface area contributed by atoms with Gasteiger partial charge in [0.1, 0.15) is 17.3 Å². The molecule has 21 heavy (non-hydrogen) atoms. The van der Waals surface area contributed by atoms with Crippen LogP contribution in [0.4, 0.5) is 0 Å². The first-order valence-corrected chi connectivity index (χ1v) is 7.48. The summed E-state index contributed by atoms with van der Waals surface area (Å²) in [7, 11) is 3.32. The summed E-state index contributed by atoms with van der Waals surface area (Å²) in [6.45, 7) is 0.979.